The third-order valence-electron chi connectivity index (χ3n) is 3.87. The van der Waals surface area contributed by atoms with E-state index in [9.17, 15) is 18.0 Å². The summed E-state index contributed by atoms with van der Waals surface area (Å²) in [5.41, 5.74) is 0.766. The first kappa shape index (κ1) is 18.7. The number of carboxylic acids is 1. The number of hydrogen-bond donors (Lipinski definition) is 1. The molecule has 1 aliphatic rings. The summed E-state index contributed by atoms with van der Waals surface area (Å²) in [5, 5.41) is 9.11. The maximum Gasteiger partial charge on any atom is 0.430 e. The van der Waals surface area contributed by atoms with Gasteiger partial charge in [0.05, 0.1) is 10.6 Å². The summed E-state index contributed by atoms with van der Waals surface area (Å²) in [6, 6.07) is 10.6. The van der Waals surface area contributed by atoms with Crippen LogP contribution in [0.5, 0.6) is 5.75 Å². The number of hydrogen-bond acceptors (Lipinski definition) is 3. The van der Waals surface area contributed by atoms with E-state index in [-0.39, 0.29) is 16.3 Å². The van der Waals surface area contributed by atoms with E-state index in [0.29, 0.717) is 5.56 Å². The van der Waals surface area contributed by atoms with Crippen LogP contribution in [0.1, 0.15) is 5.56 Å². The fraction of sp³-hybridized carbons (Fsp3) is 0.167. The number of benzene rings is 2. The highest BCUT2D eigenvalue weighted by molar-refractivity contribution is 7.98. The van der Waals surface area contributed by atoms with Gasteiger partial charge in [0.1, 0.15) is 5.75 Å². The molecule has 0 amide bonds. The monoisotopic (exact) mass is 400 g/mol. The molecule has 1 heterocycles. The van der Waals surface area contributed by atoms with Gasteiger partial charge in [-0.3, -0.25) is 0 Å². The maximum atomic E-state index is 13.1. The first-order valence-corrected chi connectivity index (χ1v) is 8.97. The van der Waals surface area contributed by atoms with Gasteiger partial charge < -0.3 is 9.84 Å². The van der Waals surface area contributed by atoms with Crippen LogP contribution in [0.3, 0.4) is 0 Å². The quantitative estimate of drug-likeness (QED) is 0.689. The van der Waals surface area contributed by atoms with Crippen LogP contribution in [-0.2, 0) is 4.79 Å². The maximum absolute atomic E-state index is 13.1. The van der Waals surface area contributed by atoms with Crippen LogP contribution in [0.4, 0.5) is 13.2 Å². The summed E-state index contributed by atoms with van der Waals surface area (Å²) < 4.78 is 44.3. The average Bonchev–Trinajstić information content (AvgIpc) is 2.59. The molecule has 0 radical (unpaired) electrons. The van der Waals surface area contributed by atoms with Gasteiger partial charge in [-0.15, -0.1) is 11.8 Å². The molecule has 2 aromatic carbocycles. The van der Waals surface area contributed by atoms with Gasteiger partial charge in [-0.1, -0.05) is 23.7 Å². The zero-order valence-electron chi connectivity index (χ0n) is 13.3. The van der Waals surface area contributed by atoms with Crippen molar-refractivity contribution >= 4 is 35.4 Å². The first-order valence-electron chi connectivity index (χ1n) is 7.37. The number of ether oxygens (including phenoxy) is 1. The van der Waals surface area contributed by atoms with Crippen LogP contribution in [0.15, 0.2) is 46.9 Å². The van der Waals surface area contributed by atoms with Gasteiger partial charge in [0.25, 0.3) is 0 Å². The smallest absolute Gasteiger partial charge is 0.430 e. The Morgan fingerprint density at radius 2 is 1.85 bits per heavy atom. The number of carbonyl (C=O) groups is 1. The van der Waals surface area contributed by atoms with Crippen molar-refractivity contribution < 1.29 is 27.8 Å². The molecule has 26 heavy (non-hydrogen) atoms. The van der Waals surface area contributed by atoms with E-state index in [1.807, 2.05) is 30.5 Å². The number of halogens is 4. The summed E-state index contributed by atoms with van der Waals surface area (Å²) in [6.45, 7) is 0. The fourth-order valence-electron chi connectivity index (χ4n) is 2.64. The number of aliphatic carboxylic acids is 1. The Morgan fingerprint density at radius 1 is 1.19 bits per heavy atom. The zero-order valence-corrected chi connectivity index (χ0v) is 14.9. The standard InChI is InChI=1S/C18H12ClF3O3S/c1-26-12-4-2-9(3-5-12)10-6-11-7-13(17(23)24)16(18(20,21)22)25-15(11)14(19)8-10/h2-8,16H,1H3,(H,23,24). The summed E-state index contributed by atoms with van der Waals surface area (Å²) in [4.78, 5) is 12.3. The van der Waals surface area contributed by atoms with Crippen LogP contribution in [-0.4, -0.2) is 29.6 Å². The van der Waals surface area contributed by atoms with Crippen LogP contribution < -0.4 is 4.74 Å². The molecule has 0 saturated carbocycles. The predicted octanol–water partition coefficient (Wildman–Crippen LogP) is 5.52. The largest absolute Gasteiger partial charge is 0.478 e. The topological polar surface area (TPSA) is 46.5 Å². The molecule has 1 atom stereocenters. The van der Waals surface area contributed by atoms with Crippen molar-refractivity contribution in [1.82, 2.24) is 0 Å². The average molecular weight is 401 g/mol. The van der Waals surface area contributed by atoms with Gasteiger partial charge in [0.15, 0.2) is 0 Å². The van der Waals surface area contributed by atoms with Crippen molar-refractivity contribution in [1.29, 1.82) is 0 Å². The Kier molecular flexibility index (Phi) is 4.94. The minimum atomic E-state index is -4.86. The normalized spacial score (nSPS) is 16.5. The molecule has 1 unspecified atom stereocenters. The SMILES string of the molecule is CSc1ccc(-c2cc(Cl)c3c(c2)C=C(C(=O)O)C(C(F)(F)F)O3)cc1. The van der Waals surface area contributed by atoms with Crippen molar-refractivity contribution in [2.45, 2.75) is 17.2 Å². The molecule has 1 aliphatic heterocycles. The molecule has 0 bridgehead atoms. The van der Waals surface area contributed by atoms with E-state index in [4.69, 9.17) is 21.4 Å². The highest BCUT2D eigenvalue weighted by atomic mass is 35.5. The van der Waals surface area contributed by atoms with Gasteiger partial charge in [0, 0.05) is 10.5 Å². The lowest BCUT2D eigenvalue weighted by Crippen LogP contribution is -2.40. The fourth-order valence-corrected chi connectivity index (χ4v) is 3.32. The molecule has 0 aliphatic carbocycles. The summed E-state index contributed by atoms with van der Waals surface area (Å²) in [7, 11) is 0. The van der Waals surface area contributed by atoms with Crippen molar-refractivity contribution in [3.8, 4) is 16.9 Å². The molecule has 0 spiro atoms. The molecule has 0 fully saturated rings. The lowest BCUT2D eigenvalue weighted by atomic mass is 9.97. The van der Waals surface area contributed by atoms with E-state index >= 15 is 0 Å². The zero-order chi connectivity index (χ0) is 19.1. The Balaban J connectivity index is 2.10. The van der Waals surface area contributed by atoms with Gasteiger partial charge >= 0.3 is 12.1 Å². The van der Waals surface area contributed by atoms with Crippen molar-refractivity contribution in [3.05, 3.63) is 52.6 Å². The van der Waals surface area contributed by atoms with Crippen LogP contribution in [0.2, 0.25) is 5.02 Å². The van der Waals surface area contributed by atoms with E-state index in [2.05, 4.69) is 0 Å². The summed E-state index contributed by atoms with van der Waals surface area (Å²) in [5.74, 6) is -1.87. The lowest BCUT2D eigenvalue weighted by molar-refractivity contribution is -0.187. The van der Waals surface area contributed by atoms with Crippen molar-refractivity contribution in [2.75, 3.05) is 6.26 Å². The Bertz CT molecular complexity index is 892. The number of fused-ring (bicyclic) bond motifs is 1. The second-order valence-electron chi connectivity index (χ2n) is 5.55. The van der Waals surface area contributed by atoms with Gasteiger partial charge in [-0.2, -0.15) is 13.2 Å². The third kappa shape index (κ3) is 3.54. The van der Waals surface area contributed by atoms with Gasteiger partial charge in [-0.25, -0.2) is 4.79 Å². The first-order chi connectivity index (χ1) is 12.2. The van der Waals surface area contributed by atoms with Gasteiger partial charge in [0.2, 0.25) is 6.10 Å². The number of carboxylic acid groups (broad SMARTS) is 1. The molecule has 3 nitrogen and oxygen atoms in total. The molecule has 1 N–H and O–H groups in total. The summed E-state index contributed by atoms with van der Waals surface area (Å²) in [6.07, 6.45) is -4.52. The van der Waals surface area contributed by atoms with E-state index in [1.165, 1.54) is 6.07 Å². The molecule has 2 aromatic rings. The van der Waals surface area contributed by atoms with E-state index < -0.39 is 23.8 Å². The number of thioether (sulfide) groups is 1. The van der Waals surface area contributed by atoms with E-state index in [1.54, 1.807) is 17.8 Å². The van der Waals surface area contributed by atoms with Gasteiger partial charge in [-0.05, 0) is 47.7 Å². The number of rotatable bonds is 3. The predicted molar refractivity (Wildman–Crippen MR) is 94.8 cm³/mol. The Labute approximate surface area is 156 Å². The molecule has 136 valence electrons. The second-order valence-corrected chi connectivity index (χ2v) is 6.84. The number of alkyl halides is 3. The minimum absolute atomic E-state index is 0.0126. The van der Waals surface area contributed by atoms with Crippen LogP contribution in [0, 0.1) is 0 Å². The second kappa shape index (κ2) is 6.89. The molecule has 0 saturated heterocycles. The van der Waals surface area contributed by atoms with Crippen molar-refractivity contribution in [3.63, 3.8) is 0 Å². The molecule has 3 rings (SSSR count). The lowest BCUT2D eigenvalue weighted by Gasteiger charge is -2.28. The van der Waals surface area contributed by atoms with Crippen LogP contribution >= 0.6 is 23.4 Å². The Hall–Kier alpha value is -2.12. The summed E-state index contributed by atoms with van der Waals surface area (Å²) >= 11 is 7.70. The highest BCUT2D eigenvalue weighted by Gasteiger charge is 2.48. The van der Waals surface area contributed by atoms with Crippen molar-refractivity contribution in [2.24, 2.45) is 0 Å². The Morgan fingerprint density at radius 3 is 2.38 bits per heavy atom. The van der Waals surface area contributed by atoms with Crippen LogP contribution in [0.25, 0.3) is 17.2 Å². The molecule has 8 heteroatoms. The minimum Gasteiger partial charge on any atom is -0.478 e. The third-order valence-corrected chi connectivity index (χ3v) is 4.89. The molecular weight excluding hydrogens is 389 g/mol. The molecular formula is C18H12ClF3O3S. The van der Waals surface area contributed by atoms with E-state index in [0.717, 1.165) is 16.5 Å². The molecule has 0 aromatic heterocycles. The highest BCUT2D eigenvalue weighted by Crippen LogP contribution is 2.43.